The van der Waals surface area contributed by atoms with Crippen molar-refractivity contribution in [3.05, 3.63) is 65.2 Å². The second kappa shape index (κ2) is 7.52. The molecule has 2 aromatic rings. The number of nitrogens with zero attached hydrogens (tertiary/aromatic N) is 2. The lowest BCUT2D eigenvalue weighted by Crippen LogP contribution is -2.42. The lowest BCUT2D eigenvalue weighted by Gasteiger charge is -2.25. The molecule has 6 nitrogen and oxygen atoms in total. The minimum absolute atomic E-state index is 0.0385. The van der Waals surface area contributed by atoms with Crippen LogP contribution in [0.25, 0.3) is 0 Å². The Kier molecular flexibility index (Phi) is 5.32. The molecule has 1 heterocycles. The van der Waals surface area contributed by atoms with Gasteiger partial charge >= 0.3 is 0 Å². The molecular weight excluding hydrogens is 364 g/mol. The Labute approximate surface area is 159 Å². The zero-order chi connectivity index (χ0) is 19.6. The lowest BCUT2D eigenvalue weighted by atomic mass is 10.1. The van der Waals surface area contributed by atoms with Crippen molar-refractivity contribution in [1.82, 2.24) is 9.21 Å². The van der Waals surface area contributed by atoms with Crippen molar-refractivity contribution in [2.24, 2.45) is 0 Å². The van der Waals surface area contributed by atoms with E-state index >= 15 is 0 Å². The largest absolute Gasteiger partial charge is 0.337 e. The van der Waals surface area contributed by atoms with Crippen molar-refractivity contribution in [1.29, 1.82) is 0 Å². The lowest BCUT2D eigenvalue weighted by molar-refractivity contribution is -0.131. The van der Waals surface area contributed by atoms with Crippen LogP contribution in [0.4, 0.5) is 0 Å². The molecule has 2 amide bonds. The summed E-state index contributed by atoms with van der Waals surface area (Å²) in [5.74, 6) is -1.03. The van der Waals surface area contributed by atoms with E-state index < -0.39 is 22.5 Å². The molecule has 1 aliphatic heterocycles. The maximum absolute atomic E-state index is 12.8. The van der Waals surface area contributed by atoms with Crippen LogP contribution in [0.15, 0.2) is 53.4 Å². The molecule has 0 unspecified atom stereocenters. The molecule has 0 bridgehead atoms. The molecule has 3 rings (SSSR count). The summed E-state index contributed by atoms with van der Waals surface area (Å²) < 4.78 is 26.0. The minimum Gasteiger partial charge on any atom is -0.337 e. The molecule has 27 heavy (non-hydrogen) atoms. The first kappa shape index (κ1) is 19.1. The zero-order valence-electron chi connectivity index (χ0n) is 15.4. The summed E-state index contributed by atoms with van der Waals surface area (Å²) in [5, 5.41) is 0. The third-order valence-electron chi connectivity index (χ3n) is 4.53. The van der Waals surface area contributed by atoms with Crippen molar-refractivity contribution < 1.29 is 18.0 Å². The van der Waals surface area contributed by atoms with E-state index in [1.807, 2.05) is 38.1 Å². The molecule has 2 aromatic carbocycles. The number of rotatable bonds is 6. The standard InChI is InChI=1S/C20H22N2O4S/c1-3-12-21(13-16-10-8-15(2)9-11-16)19(23)14-22-20(24)17-6-4-5-7-18(17)27(22,25)26/h4-11H,3,12-14H2,1-2H3. The van der Waals surface area contributed by atoms with Gasteiger partial charge in [0.25, 0.3) is 15.9 Å². The van der Waals surface area contributed by atoms with Crippen molar-refractivity contribution in [2.75, 3.05) is 13.1 Å². The van der Waals surface area contributed by atoms with Gasteiger partial charge in [0.2, 0.25) is 5.91 Å². The van der Waals surface area contributed by atoms with Crippen molar-refractivity contribution in [3.63, 3.8) is 0 Å². The molecule has 0 aromatic heterocycles. The molecule has 0 aliphatic carbocycles. The first-order chi connectivity index (χ1) is 12.8. The van der Waals surface area contributed by atoms with Crippen molar-refractivity contribution in [2.45, 2.75) is 31.7 Å². The maximum atomic E-state index is 12.8. The number of carbonyl (C=O) groups excluding carboxylic acids is 2. The average molecular weight is 386 g/mol. The number of hydrogen-bond donors (Lipinski definition) is 0. The monoisotopic (exact) mass is 386 g/mol. The van der Waals surface area contributed by atoms with Crippen LogP contribution in [0.5, 0.6) is 0 Å². The van der Waals surface area contributed by atoms with Crippen molar-refractivity contribution >= 4 is 21.8 Å². The van der Waals surface area contributed by atoms with E-state index in [2.05, 4.69) is 0 Å². The van der Waals surface area contributed by atoms with E-state index in [1.165, 1.54) is 12.1 Å². The van der Waals surface area contributed by atoms with Gasteiger partial charge in [0.15, 0.2) is 0 Å². The summed E-state index contributed by atoms with van der Waals surface area (Å²) in [7, 11) is -3.98. The average Bonchev–Trinajstić information content (AvgIpc) is 2.84. The number of hydrogen-bond acceptors (Lipinski definition) is 4. The van der Waals surface area contributed by atoms with E-state index in [9.17, 15) is 18.0 Å². The molecule has 0 atom stereocenters. The molecule has 0 N–H and O–H groups in total. The molecule has 0 radical (unpaired) electrons. The first-order valence-corrected chi connectivity index (χ1v) is 10.3. The highest BCUT2D eigenvalue weighted by Gasteiger charge is 2.42. The normalized spacial score (nSPS) is 14.9. The number of sulfonamides is 1. The minimum atomic E-state index is -3.98. The number of fused-ring (bicyclic) bond motifs is 1. The number of carbonyl (C=O) groups is 2. The van der Waals surface area contributed by atoms with Gasteiger partial charge in [-0.1, -0.05) is 48.9 Å². The molecule has 142 valence electrons. The van der Waals surface area contributed by atoms with E-state index in [0.29, 0.717) is 17.4 Å². The number of aryl methyl sites for hydroxylation is 1. The summed E-state index contributed by atoms with van der Waals surface area (Å²) >= 11 is 0. The fraction of sp³-hybridized carbons (Fsp3) is 0.300. The van der Waals surface area contributed by atoms with E-state index in [0.717, 1.165) is 17.5 Å². The Hall–Kier alpha value is -2.67. The Morgan fingerprint density at radius 3 is 2.37 bits per heavy atom. The highest BCUT2D eigenvalue weighted by Crippen LogP contribution is 2.29. The van der Waals surface area contributed by atoms with Gasteiger partial charge in [0.1, 0.15) is 11.4 Å². The van der Waals surface area contributed by atoms with E-state index in [1.54, 1.807) is 17.0 Å². The molecule has 0 fully saturated rings. The summed E-state index contributed by atoms with van der Waals surface area (Å²) in [6, 6.07) is 13.9. The molecule has 0 saturated heterocycles. The van der Waals surface area contributed by atoms with Crippen LogP contribution < -0.4 is 0 Å². The third-order valence-corrected chi connectivity index (χ3v) is 6.32. The van der Waals surface area contributed by atoms with Crippen LogP contribution in [-0.4, -0.2) is 42.5 Å². The van der Waals surface area contributed by atoms with Gasteiger partial charge in [-0.3, -0.25) is 9.59 Å². The summed E-state index contributed by atoms with van der Waals surface area (Å²) in [6.45, 7) is 4.31. The quantitative estimate of drug-likeness (QED) is 0.765. The van der Waals surface area contributed by atoms with Crippen LogP contribution in [0.1, 0.15) is 34.8 Å². The summed E-state index contributed by atoms with van der Waals surface area (Å²) in [5.41, 5.74) is 2.20. The smallest absolute Gasteiger partial charge is 0.269 e. The van der Waals surface area contributed by atoms with Crippen LogP contribution in [-0.2, 0) is 21.4 Å². The van der Waals surface area contributed by atoms with Gasteiger partial charge < -0.3 is 4.90 Å². The highest BCUT2D eigenvalue weighted by atomic mass is 32.2. The molecule has 7 heteroatoms. The second-order valence-electron chi connectivity index (χ2n) is 6.61. The maximum Gasteiger partial charge on any atom is 0.269 e. The number of benzene rings is 2. The van der Waals surface area contributed by atoms with Crippen LogP contribution in [0, 0.1) is 6.92 Å². The van der Waals surface area contributed by atoms with Gasteiger partial charge in [-0.25, -0.2) is 12.7 Å². The summed E-state index contributed by atoms with van der Waals surface area (Å²) in [4.78, 5) is 26.9. The van der Waals surface area contributed by atoms with Gasteiger partial charge in [-0.15, -0.1) is 0 Å². The van der Waals surface area contributed by atoms with Gasteiger partial charge in [-0.05, 0) is 31.0 Å². The second-order valence-corrected chi connectivity index (χ2v) is 8.44. The predicted octanol–water partition coefficient (Wildman–Crippen LogP) is 2.58. The molecular formula is C20H22N2O4S. The van der Waals surface area contributed by atoms with E-state index in [4.69, 9.17) is 0 Å². The van der Waals surface area contributed by atoms with Crippen molar-refractivity contribution in [3.8, 4) is 0 Å². The Morgan fingerprint density at radius 2 is 1.74 bits per heavy atom. The summed E-state index contributed by atoms with van der Waals surface area (Å²) in [6.07, 6.45) is 0.735. The Bertz CT molecular complexity index is 968. The fourth-order valence-electron chi connectivity index (χ4n) is 3.09. The van der Waals surface area contributed by atoms with Gasteiger partial charge in [-0.2, -0.15) is 0 Å². The topological polar surface area (TPSA) is 74.8 Å². The predicted molar refractivity (Wildman–Crippen MR) is 102 cm³/mol. The Morgan fingerprint density at radius 1 is 1.07 bits per heavy atom. The Balaban J connectivity index is 1.80. The first-order valence-electron chi connectivity index (χ1n) is 8.84. The number of amides is 2. The third kappa shape index (κ3) is 3.73. The van der Waals surface area contributed by atoms with Crippen LogP contribution in [0.3, 0.4) is 0 Å². The van der Waals surface area contributed by atoms with Crippen LogP contribution >= 0.6 is 0 Å². The molecule has 0 spiro atoms. The molecule has 1 aliphatic rings. The SMILES string of the molecule is CCCN(Cc1ccc(C)cc1)C(=O)CN1C(=O)c2ccccc2S1(=O)=O. The molecule has 0 saturated carbocycles. The van der Waals surface area contributed by atoms with Crippen LogP contribution in [0.2, 0.25) is 0 Å². The van der Waals surface area contributed by atoms with Gasteiger partial charge in [0, 0.05) is 13.1 Å². The zero-order valence-corrected chi connectivity index (χ0v) is 16.2. The van der Waals surface area contributed by atoms with Gasteiger partial charge in [0.05, 0.1) is 5.56 Å². The fourth-order valence-corrected chi connectivity index (χ4v) is 4.60. The highest BCUT2D eigenvalue weighted by molar-refractivity contribution is 7.90. The van der Waals surface area contributed by atoms with E-state index in [-0.39, 0.29) is 16.4 Å².